The summed E-state index contributed by atoms with van der Waals surface area (Å²) in [6.07, 6.45) is 3.79. The van der Waals surface area contributed by atoms with Crippen molar-refractivity contribution in [2.75, 3.05) is 31.4 Å². The van der Waals surface area contributed by atoms with Crippen LogP contribution in [0.15, 0.2) is 46.6 Å². The number of rotatable bonds is 11. The molecule has 2 aliphatic heterocycles. The van der Waals surface area contributed by atoms with Crippen molar-refractivity contribution in [1.29, 1.82) is 0 Å². The van der Waals surface area contributed by atoms with Crippen LogP contribution in [-0.2, 0) is 33.4 Å². The lowest BCUT2D eigenvalue weighted by Gasteiger charge is -2.49. The molecule has 0 spiro atoms. The molecule has 1 aromatic rings. The summed E-state index contributed by atoms with van der Waals surface area (Å²) in [5.74, 6) is -2.85. The van der Waals surface area contributed by atoms with Crippen molar-refractivity contribution in [3.63, 3.8) is 0 Å². The van der Waals surface area contributed by atoms with E-state index in [9.17, 15) is 29.2 Å². The summed E-state index contributed by atoms with van der Waals surface area (Å²) in [4.78, 5) is 67.9. The summed E-state index contributed by atoms with van der Waals surface area (Å²) in [7, 11) is 0. The van der Waals surface area contributed by atoms with E-state index in [-0.39, 0.29) is 35.4 Å². The van der Waals surface area contributed by atoms with Crippen LogP contribution in [0.1, 0.15) is 26.5 Å². The van der Waals surface area contributed by atoms with E-state index in [2.05, 4.69) is 27.4 Å². The molecule has 5 N–H and O–H groups in total. The average molecular weight is 623 g/mol. The van der Waals surface area contributed by atoms with Gasteiger partial charge in [-0.25, -0.2) is 14.6 Å². The number of thioether (sulfide) groups is 1. The Morgan fingerprint density at radius 2 is 2.02 bits per heavy atom. The topological polar surface area (TPSA) is 212 Å². The highest BCUT2D eigenvalue weighted by Gasteiger charge is 2.54. The quantitative estimate of drug-likeness (QED) is 0.0520. The molecule has 3 rings (SSSR count). The number of carbonyl (C=O) groups is 5. The molecule has 3 heterocycles. The number of aromatic nitrogens is 1. The summed E-state index contributed by atoms with van der Waals surface area (Å²) < 4.78 is 15.2. The Balaban J connectivity index is 1.76. The van der Waals surface area contributed by atoms with Gasteiger partial charge in [-0.1, -0.05) is 17.3 Å². The lowest BCUT2D eigenvalue weighted by Crippen LogP contribution is -2.71. The van der Waals surface area contributed by atoms with Gasteiger partial charge in [-0.15, -0.1) is 29.7 Å². The number of nitrogens with zero attached hydrogens (tertiary/aromatic N) is 3. The van der Waals surface area contributed by atoms with Crippen LogP contribution in [0.4, 0.5) is 9.93 Å². The van der Waals surface area contributed by atoms with E-state index in [4.69, 9.17) is 19.9 Å². The molecule has 2 atom stereocenters. The number of nitrogens with one attached hydrogen (secondary N) is 2. The van der Waals surface area contributed by atoms with E-state index >= 15 is 0 Å². The largest absolute Gasteiger partial charge is 0.445 e. The number of alkyl carbamates (subject to hydrolysis) is 1. The molecule has 0 radical (unpaired) electrons. The molecule has 1 saturated heterocycles. The number of β-lactam (4-membered cyclic amide) rings is 1. The van der Waals surface area contributed by atoms with Crippen molar-refractivity contribution < 1.29 is 43.4 Å². The second-order valence-electron chi connectivity index (χ2n) is 9.66. The molecular formula is C25H30N6O9S2. The maximum atomic E-state index is 13.2. The molecule has 0 bridgehead atoms. The number of allylic oxidation sites excluding steroid dienone is 1. The van der Waals surface area contributed by atoms with E-state index in [1.807, 2.05) is 0 Å². The molecule has 0 saturated carbocycles. The van der Waals surface area contributed by atoms with E-state index in [1.54, 1.807) is 20.8 Å². The predicted octanol–water partition coefficient (Wildman–Crippen LogP) is 1.12. The van der Waals surface area contributed by atoms with Crippen molar-refractivity contribution in [3.05, 3.63) is 47.2 Å². The van der Waals surface area contributed by atoms with Gasteiger partial charge in [0.25, 0.3) is 11.8 Å². The molecule has 0 aromatic carbocycles. The van der Waals surface area contributed by atoms with Crippen LogP contribution >= 0.6 is 23.1 Å². The summed E-state index contributed by atoms with van der Waals surface area (Å²) in [6.45, 7) is 7.79. The first-order valence-electron chi connectivity index (χ1n) is 12.3. The first-order chi connectivity index (χ1) is 19.9. The fourth-order valence-corrected chi connectivity index (χ4v) is 5.39. The zero-order chi connectivity index (χ0) is 31.0. The molecule has 3 amide bonds. The molecule has 17 heteroatoms. The number of nitrogens with two attached hydrogens (primary N) is 1. The van der Waals surface area contributed by atoms with E-state index < -0.39 is 59.2 Å². The molecule has 15 nitrogen and oxygen atoms in total. The number of hydrogen-bond acceptors (Lipinski definition) is 14. The first-order valence-corrected chi connectivity index (χ1v) is 14.3. The zero-order valence-corrected chi connectivity index (χ0v) is 24.6. The van der Waals surface area contributed by atoms with Crippen LogP contribution in [0, 0.1) is 5.41 Å². The Bertz CT molecular complexity index is 1350. The molecule has 42 heavy (non-hydrogen) atoms. The Kier molecular flexibility index (Phi) is 10.7. The second kappa shape index (κ2) is 14.0. The maximum absolute atomic E-state index is 13.2. The van der Waals surface area contributed by atoms with Gasteiger partial charge in [-0.3, -0.25) is 19.3 Å². The molecule has 226 valence electrons. The summed E-state index contributed by atoms with van der Waals surface area (Å²) in [6, 6.07) is -1.07. The van der Waals surface area contributed by atoms with Gasteiger partial charge in [-0.2, -0.15) is 0 Å². The van der Waals surface area contributed by atoms with Crippen molar-refractivity contribution in [1.82, 2.24) is 20.5 Å². The van der Waals surface area contributed by atoms with Gasteiger partial charge in [0.05, 0.1) is 5.41 Å². The zero-order valence-electron chi connectivity index (χ0n) is 22.9. The van der Waals surface area contributed by atoms with E-state index in [0.717, 1.165) is 16.2 Å². The van der Waals surface area contributed by atoms with Crippen LogP contribution < -0.4 is 16.4 Å². The van der Waals surface area contributed by atoms with Gasteiger partial charge >= 0.3 is 18.0 Å². The van der Waals surface area contributed by atoms with Crippen molar-refractivity contribution in [2.45, 2.75) is 32.2 Å². The predicted molar refractivity (Wildman–Crippen MR) is 152 cm³/mol. The molecule has 0 unspecified atom stereocenters. The number of hydrogen-bond donors (Lipinski definition) is 4. The van der Waals surface area contributed by atoms with Crippen LogP contribution in [0.25, 0.3) is 0 Å². The Morgan fingerprint density at radius 1 is 1.29 bits per heavy atom. The molecule has 2 aliphatic rings. The molecule has 1 aromatic heterocycles. The monoisotopic (exact) mass is 622 g/mol. The standard InChI is InChI=1S/C25H30N6O9S2/c1-5-8-27-24(36)38-9-6-7-13-10-41-20-16(29-18(32)15(30-37)14-11-42-23(26)28-14)19(33)31(20)17(13)21(34)39-12-40-22(35)25(2,3)4/h5-7,11,16,20,37H,1,8-10,12H2,2-4H3,(H2,26,28)(H,27,36)(H,29,32)/b7-6-,30-15-/t16-,20-/m1/s1. The Hall–Kier alpha value is -4.38. The highest BCUT2D eigenvalue weighted by molar-refractivity contribution is 8.00. The number of carbonyl (C=O) groups excluding carboxylic acids is 5. The number of fused-ring (bicyclic) bond motifs is 1. The number of nitrogen functional groups attached to an aromatic ring is 1. The normalized spacial score (nSPS) is 18.6. The number of anilines is 1. The lowest BCUT2D eigenvalue weighted by atomic mass is 9.98. The third-order valence-electron chi connectivity index (χ3n) is 5.57. The fraction of sp³-hybridized carbons (Fsp3) is 0.400. The highest BCUT2D eigenvalue weighted by atomic mass is 32.2. The number of esters is 2. The van der Waals surface area contributed by atoms with Crippen LogP contribution in [0.3, 0.4) is 0 Å². The van der Waals surface area contributed by atoms with Crippen molar-refractivity contribution >= 4 is 63.8 Å². The Morgan fingerprint density at radius 3 is 2.64 bits per heavy atom. The van der Waals surface area contributed by atoms with Crippen LogP contribution in [-0.4, -0.2) is 87.8 Å². The van der Waals surface area contributed by atoms with Gasteiger partial charge in [-0.05, 0) is 32.4 Å². The summed E-state index contributed by atoms with van der Waals surface area (Å²) >= 11 is 2.28. The number of amides is 3. The van der Waals surface area contributed by atoms with Gasteiger partial charge < -0.3 is 35.8 Å². The van der Waals surface area contributed by atoms with E-state index in [0.29, 0.717) is 5.57 Å². The van der Waals surface area contributed by atoms with Crippen molar-refractivity contribution in [3.8, 4) is 0 Å². The van der Waals surface area contributed by atoms with Crippen LogP contribution in [0.2, 0.25) is 0 Å². The molecule has 0 aliphatic carbocycles. The third-order valence-corrected chi connectivity index (χ3v) is 7.55. The SMILES string of the molecule is C=CCNC(=O)OC/C=C\C1=C(C(=O)OCOC(=O)C(C)(C)C)N2C(=O)[C@@H](NC(=O)/C(=N\O)c3csc(N)n3)[C@H]2SC1. The van der Waals surface area contributed by atoms with Gasteiger partial charge in [0.1, 0.15) is 29.4 Å². The third kappa shape index (κ3) is 7.67. The minimum atomic E-state index is -1.07. The minimum Gasteiger partial charge on any atom is -0.445 e. The van der Waals surface area contributed by atoms with E-state index in [1.165, 1.54) is 35.4 Å². The summed E-state index contributed by atoms with van der Waals surface area (Å²) in [5, 5.41) is 18.2. The maximum Gasteiger partial charge on any atom is 0.407 e. The van der Waals surface area contributed by atoms with Crippen LogP contribution in [0.5, 0.6) is 0 Å². The average Bonchev–Trinajstić information content (AvgIpc) is 3.37. The van der Waals surface area contributed by atoms with Gasteiger partial charge in [0.15, 0.2) is 10.8 Å². The smallest absolute Gasteiger partial charge is 0.407 e. The number of thiazole rings is 1. The Labute approximate surface area is 248 Å². The van der Waals surface area contributed by atoms with Gasteiger partial charge in [0, 0.05) is 17.7 Å². The lowest BCUT2D eigenvalue weighted by molar-refractivity contribution is -0.173. The fourth-order valence-electron chi connectivity index (χ4n) is 3.52. The van der Waals surface area contributed by atoms with Gasteiger partial charge in [0.2, 0.25) is 6.79 Å². The highest BCUT2D eigenvalue weighted by Crippen LogP contribution is 2.41. The van der Waals surface area contributed by atoms with Crippen molar-refractivity contribution in [2.24, 2.45) is 10.6 Å². The molecular weight excluding hydrogens is 592 g/mol. The second-order valence-corrected chi connectivity index (χ2v) is 11.7. The first kappa shape index (κ1) is 32.1. The summed E-state index contributed by atoms with van der Waals surface area (Å²) in [5.41, 5.74) is 4.59. The molecule has 1 fully saturated rings. The number of oxime groups is 1. The number of ether oxygens (including phenoxy) is 3. The minimum absolute atomic E-state index is 0.0270.